The number of nitro benzene ring substituents is 1. The molecule has 5 heteroatoms. The van der Waals surface area contributed by atoms with Crippen LogP contribution in [0.2, 0.25) is 0 Å². The van der Waals surface area contributed by atoms with Crippen LogP contribution in [0.5, 0.6) is 0 Å². The highest BCUT2D eigenvalue weighted by Crippen LogP contribution is 2.39. The van der Waals surface area contributed by atoms with Crippen LogP contribution in [0.4, 0.5) is 5.69 Å². The molecule has 0 radical (unpaired) electrons. The first-order valence-corrected chi connectivity index (χ1v) is 13.6. The van der Waals surface area contributed by atoms with Gasteiger partial charge in [-0.2, -0.15) is 0 Å². The molecule has 5 aromatic carbocycles. The lowest BCUT2D eigenvalue weighted by molar-refractivity contribution is -0.384. The maximum absolute atomic E-state index is 12.3. The molecule has 0 bridgehead atoms. The first-order valence-electron chi connectivity index (χ1n) is 12.8. The number of hydrogen-bond donors (Lipinski definition) is 0. The van der Waals surface area contributed by atoms with Gasteiger partial charge < -0.3 is 4.40 Å². The van der Waals surface area contributed by atoms with Crippen molar-refractivity contribution in [3.05, 3.63) is 131 Å². The van der Waals surface area contributed by atoms with E-state index in [0.717, 1.165) is 38.6 Å². The van der Waals surface area contributed by atoms with Gasteiger partial charge in [0.05, 0.1) is 21.5 Å². The molecule has 184 valence electrons. The van der Waals surface area contributed by atoms with E-state index in [1.165, 1.54) is 25.6 Å². The van der Waals surface area contributed by atoms with E-state index in [1.807, 2.05) is 36.4 Å². The molecule has 8 aromatic rings. The van der Waals surface area contributed by atoms with Gasteiger partial charge in [0.1, 0.15) is 0 Å². The number of pyridine rings is 1. The van der Waals surface area contributed by atoms with Gasteiger partial charge in [-0.3, -0.25) is 10.1 Å². The van der Waals surface area contributed by atoms with Crippen molar-refractivity contribution in [1.82, 2.24) is 4.40 Å². The summed E-state index contributed by atoms with van der Waals surface area (Å²) in [5.74, 6) is 0. The second-order valence-corrected chi connectivity index (χ2v) is 11.0. The molecule has 0 saturated carbocycles. The van der Waals surface area contributed by atoms with Gasteiger partial charge in [0.2, 0.25) is 0 Å². The van der Waals surface area contributed by atoms with Crippen molar-refractivity contribution in [1.29, 1.82) is 0 Å². The summed E-state index contributed by atoms with van der Waals surface area (Å²) in [7, 11) is 0. The minimum atomic E-state index is -0.273. The molecule has 0 atom stereocenters. The summed E-state index contributed by atoms with van der Waals surface area (Å²) >= 11 is 1.77. The molecule has 0 aliphatic rings. The highest BCUT2D eigenvalue weighted by Gasteiger charge is 2.18. The van der Waals surface area contributed by atoms with Crippen molar-refractivity contribution >= 4 is 64.5 Å². The van der Waals surface area contributed by atoms with Gasteiger partial charge in [0, 0.05) is 37.1 Å². The van der Waals surface area contributed by atoms with E-state index in [0.29, 0.717) is 5.56 Å². The average Bonchev–Trinajstić information content (AvgIpc) is 3.54. The van der Waals surface area contributed by atoms with Crippen LogP contribution in [0.15, 0.2) is 121 Å². The van der Waals surface area contributed by atoms with Crippen LogP contribution >= 0.6 is 11.3 Å². The number of nitro groups is 1. The highest BCUT2D eigenvalue weighted by molar-refractivity contribution is 7.25. The summed E-state index contributed by atoms with van der Waals surface area (Å²) in [6, 6.07) is 41.1. The third-order valence-corrected chi connectivity index (χ3v) is 8.81. The maximum Gasteiger partial charge on any atom is 0.277 e. The number of para-hydroxylation sites is 1. The van der Waals surface area contributed by atoms with Crippen LogP contribution in [0.25, 0.3) is 69.7 Å². The van der Waals surface area contributed by atoms with Crippen molar-refractivity contribution in [2.45, 2.75) is 0 Å². The van der Waals surface area contributed by atoms with E-state index in [1.54, 1.807) is 17.4 Å². The minimum absolute atomic E-state index is 0.108. The number of fused-ring (bicyclic) bond motifs is 8. The fourth-order valence-electron chi connectivity index (χ4n) is 5.82. The zero-order valence-electron chi connectivity index (χ0n) is 20.7. The molecule has 3 heterocycles. The Balaban J connectivity index is 1.27. The van der Waals surface area contributed by atoms with Gasteiger partial charge in [-0.05, 0) is 76.7 Å². The fourth-order valence-corrected chi connectivity index (χ4v) is 6.90. The van der Waals surface area contributed by atoms with Crippen molar-refractivity contribution in [3.8, 4) is 22.3 Å². The Morgan fingerprint density at radius 2 is 1.33 bits per heavy atom. The summed E-state index contributed by atoms with van der Waals surface area (Å²) in [4.78, 5) is 12.0. The molecule has 0 aliphatic carbocycles. The predicted molar refractivity (Wildman–Crippen MR) is 163 cm³/mol. The summed E-state index contributed by atoms with van der Waals surface area (Å²) < 4.78 is 4.70. The number of hydrogen-bond acceptors (Lipinski definition) is 3. The Hall–Kier alpha value is -5.00. The summed E-state index contributed by atoms with van der Waals surface area (Å²) in [5.41, 5.74) is 6.70. The molecule has 0 N–H and O–H groups in total. The van der Waals surface area contributed by atoms with Gasteiger partial charge in [0.15, 0.2) is 0 Å². The van der Waals surface area contributed by atoms with E-state index in [2.05, 4.69) is 83.3 Å². The normalized spacial score (nSPS) is 11.8. The van der Waals surface area contributed by atoms with Crippen LogP contribution in [-0.2, 0) is 0 Å². The minimum Gasteiger partial charge on any atom is -0.309 e. The van der Waals surface area contributed by atoms with E-state index >= 15 is 0 Å². The van der Waals surface area contributed by atoms with Crippen LogP contribution < -0.4 is 0 Å². The third kappa shape index (κ3) is 3.37. The fraction of sp³-hybridized carbons (Fsp3) is 0. The number of rotatable bonds is 3. The summed E-state index contributed by atoms with van der Waals surface area (Å²) in [6.07, 6.45) is 0. The molecule has 4 nitrogen and oxygen atoms in total. The number of aromatic nitrogens is 1. The summed E-state index contributed by atoms with van der Waals surface area (Å²) in [5, 5.41) is 16.9. The van der Waals surface area contributed by atoms with Crippen molar-refractivity contribution in [2.75, 3.05) is 0 Å². The Morgan fingerprint density at radius 1 is 0.590 bits per heavy atom. The molecule has 0 spiro atoms. The SMILES string of the molecule is O=[N+]([O-])c1cc(-c2ccc3sc4ccccc4c3c2)ccc1-c1ccc2c(c1)cc1ccc3ccccc3n12. The molecule has 0 amide bonds. The number of thiophene rings is 1. The predicted octanol–water partition coefficient (Wildman–Crippen LogP) is 9.86. The van der Waals surface area contributed by atoms with Crippen LogP contribution in [0.3, 0.4) is 0 Å². The van der Waals surface area contributed by atoms with Gasteiger partial charge in [-0.1, -0.05) is 60.7 Å². The number of nitrogens with zero attached hydrogens (tertiary/aromatic N) is 2. The van der Waals surface area contributed by atoms with E-state index in [-0.39, 0.29) is 10.6 Å². The Bertz CT molecular complexity index is 2280. The molecular formula is C34H20N2O2S. The van der Waals surface area contributed by atoms with Gasteiger partial charge in [-0.15, -0.1) is 11.3 Å². The van der Waals surface area contributed by atoms with Crippen molar-refractivity contribution < 1.29 is 4.92 Å². The molecule has 0 fully saturated rings. The topological polar surface area (TPSA) is 47.5 Å². The average molecular weight is 521 g/mol. The lowest BCUT2D eigenvalue weighted by atomic mass is 9.97. The first kappa shape index (κ1) is 22.0. The second-order valence-electron chi connectivity index (χ2n) is 9.87. The summed E-state index contributed by atoms with van der Waals surface area (Å²) in [6.45, 7) is 0. The second kappa shape index (κ2) is 8.25. The largest absolute Gasteiger partial charge is 0.309 e. The van der Waals surface area contributed by atoms with Gasteiger partial charge in [0.25, 0.3) is 5.69 Å². The van der Waals surface area contributed by atoms with Gasteiger partial charge >= 0.3 is 0 Å². The van der Waals surface area contributed by atoms with Crippen LogP contribution in [0.1, 0.15) is 0 Å². The van der Waals surface area contributed by atoms with Crippen molar-refractivity contribution in [3.63, 3.8) is 0 Å². The number of benzene rings is 5. The molecule has 0 saturated heterocycles. The Kier molecular flexibility index (Phi) is 4.66. The quantitative estimate of drug-likeness (QED) is 0.172. The third-order valence-electron chi connectivity index (χ3n) is 7.66. The lowest BCUT2D eigenvalue weighted by Crippen LogP contribution is -1.93. The highest BCUT2D eigenvalue weighted by atomic mass is 32.1. The van der Waals surface area contributed by atoms with Gasteiger partial charge in [-0.25, -0.2) is 0 Å². The molecule has 0 unspecified atom stereocenters. The van der Waals surface area contributed by atoms with E-state index in [9.17, 15) is 10.1 Å². The van der Waals surface area contributed by atoms with Crippen LogP contribution in [-0.4, -0.2) is 9.32 Å². The molecular weight excluding hydrogens is 500 g/mol. The first-order chi connectivity index (χ1) is 19.1. The van der Waals surface area contributed by atoms with E-state index < -0.39 is 0 Å². The molecule has 8 rings (SSSR count). The Labute approximate surface area is 227 Å². The zero-order chi connectivity index (χ0) is 26.1. The van der Waals surface area contributed by atoms with Crippen molar-refractivity contribution in [2.24, 2.45) is 0 Å². The van der Waals surface area contributed by atoms with E-state index in [4.69, 9.17) is 0 Å². The lowest BCUT2D eigenvalue weighted by Gasteiger charge is -2.08. The zero-order valence-corrected chi connectivity index (χ0v) is 21.5. The smallest absolute Gasteiger partial charge is 0.277 e. The molecule has 39 heavy (non-hydrogen) atoms. The Morgan fingerprint density at radius 3 is 2.26 bits per heavy atom. The van der Waals surface area contributed by atoms with Crippen LogP contribution in [0, 0.1) is 10.1 Å². The standard InChI is InChI=1S/C34H20N2O2S/c37-36(38)32-20-23(22-12-16-34-29(19-22)28-6-2-4-8-33(28)39-34)10-14-27(32)24-11-15-31-25(17-24)18-26-13-9-21-5-1-3-7-30(21)35(26)31/h1-20H. The monoisotopic (exact) mass is 520 g/mol. The maximum atomic E-state index is 12.3. The molecule has 0 aliphatic heterocycles. The molecule has 3 aromatic heterocycles.